The fourth-order valence-electron chi connectivity index (χ4n) is 1.36. The number of para-hydroxylation sites is 1. The molecule has 0 spiro atoms. The Morgan fingerprint density at radius 1 is 1.13 bits per heavy atom. The molecule has 0 aromatic heterocycles. The normalized spacial score (nSPS) is 9.07. The minimum Gasteiger partial charge on any atom is -0.371 e. The first-order chi connectivity index (χ1) is 7.38. The molecule has 0 amide bonds. The van der Waals surface area contributed by atoms with Crippen molar-refractivity contribution >= 4 is 5.69 Å². The number of likely N-dealkylation sites (N-methyl/N-ethyl adjacent to an activating group) is 2. The topological polar surface area (TPSA) is 15.3 Å². The summed E-state index contributed by atoms with van der Waals surface area (Å²) >= 11 is 0. The van der Waals surface area contributed by atoms with Crippen molar-refractivity contribution in [2.24, 2.45) is 0 Å². The lowest BCUT2D eigenvalue weighted by Gasteiger charge is -2.22. The second-order valence-corrected chi connectivity index (χ2v) is 3.02. The van der Waals surface area contributed by atoms with E-state index in [-0.39, 0.29) is 0 Å². The number of nitrogens with zero attached hydrogens (tertiary/aromatic N) is 1. The van der Waals surface area contributed by atoms with E-state index in [1.165, 1.54) is 5.69 Å². The number of rotatable bonds is 5. The quantitative estimate of drug-likeness (QED) is 0.800. The lowest BCUT2D eigenvalue weighted by atomic mass is 10.3. The highest BCUT2D eigenvalue weighted by molar-refractivity contribution is 5.45. The van der Waals surface area contributed by atoms with E-state index < -0.39 is 0 Å². The average Bonchev–Trinajstić information content (AvgIpc) is 2.34. The van der Waals surface area contributed by atoms with E-state index in [4.69, 9.17) is 0 Å². The molecule has 1 rings (SSSR count). The summed E-state index contributed by atoms with van der Waals surface area (Å²) in [6.07, 6.45) is 0. The number of nitrogens with one attached hydrogen (secondary N) is 1. The summed E-state index contributed by atoms with van der Waals surface area (Å²) in [5, 5.41) is 3.16. The fourth-order valence-corrected chi connectivity index (χ4v) is 1.36. The molecule has 0 saturated carbocycles. The van der Waals surface area contributed by atoms with Crippen LogP contribution in [0.15, 0.2) is 30.3 Å². The molecule has 0 atom stereocenters. The van der Waals surface area contributed by atoms with Gasteiger partial charge < -0.3 is 10.2 Å². The standard InChI is InChI=1S/C11H18N2.C2H6/c1-3-13(10-9-12-2)11-7-5-4-6-8-11;1-2/h4-8,12H,3,9-10H2,1-2H3;1-2H3. The van der Waals surface area contributed by atoms with Crippen LogP contribution < -0.4 is 10.2 Å². The molecule has 0 radical (unpaired) electrons. The van der Waals surface area contributed by atoms with Crippen molar-refractivity contribution < 1.29 is 0 Å². The van der Waals surface area contributed by atoms with Crippen LogP contribution in [-0.2, 0) is 0 Å². The predicted octanol–water partition coefficient (Wildman–Crippen LogP) is 2.76. The number of hydrogen-bond donors (Lipinski definition) is 1. The zero-order valence-electron chi connectivity index (χ0n) is 10.5. The van der Waals surface area contributed by atoms with Crippen molar-refractivity contribution in [2.45, 2.75) is 20.8 Å². The molecule has 86 valence electrons. The predicted molar refractivity (Wildman–Crippen MR) is 69.6 cm³/mol. The summed E-state index contributed by atoms with van der Waals surface area (Å²) in [5.41, 5.74) is 1.31. The van der Waals surface area contributed by atoms with Crippen LogP contribution in [0.1, 0.15) is 20.8 Å². The monoisotopic (exact) mass is 208 g/mol. The molecule has 0 bridgehead atoms. The van der Waals surface area contributed by atoms with Crippen LogP contribution in [0.3, 0.4) is 0 Å². The van der Waals surface area contributed by atoms with Gasteiger partial charge in [0.15, 0.2) is 0 Å². The Morgan fingerprint density at radius 2 is 1.73 bits per heavy atom. The molecule has 1 aromatic rings. The summed E-state index contributed by atoms with van der Waals surface area (Å²) in [5.74, 6) is 0. The van der Waals surface area contributed by atoms with Crippen molar-refractivity contribution in [1.82, 2.24) is 5.32 Å². The lowest BCUT2D eigenvalue weighted by molar-refractivity contribution is 0.737. The second kappa shape index (κ2) is 9.53. The molecule has 0 aliphatic heterocycles. The Morgan fingerprint density at radius 3 is 2.20 bits per heavy atom. The highest BCUT2D eigenvalue weighted by atomic mass is 15.1. The van der Waals surface area contributed by atoms with Gasteiger partial charge in [-0.3, -0.25) is 0 Å². The number of anilines is 1. The summed E-state index contributed by atoms with van der Waals surface area (Å²) < 4.78 is 0. The first kappa shape index (κ1) is 14.0. The van der Waals surface area contributed by atoms with Gasteiger partial charge in [-0.05, 0) is 26.1 Å². The van der Waals surface area contributed by atoms with Crippen molar-refractivity contribution in [2.75, 3.05) is 31.6 Å². The summed E-state index contributed by atoms with van der Waals surface area (Å²) in [6, 6.07) is 10.5. The summed E-state index contributed by atoms with van der Waals surface area (Å²) in [6.45, 7) is 9.34. The molecule has 0 aliphatic carbocycles. The molecule has 2 heteroatoms. The minimum atomic E-state index is 1.03. The number of benzene rings is 1. The van der Waals surface area contributed by atoms with Gasteiger partial charge in [0, 0.05) is 25.3 Å². The Bertz CT molecular complexity index is 221. The van der Waals surface area contributed by atoms with Gasteiger partial charge in [0.05, 0.1) is 0 Å². The SMILES string of the molecule is CC.CCN(CCNC)c1ccccc1. The maximum Gasteiger partial charge on any atom is 0.0366 e. The molecule has 1 N–H and O–H groups in total. The zero-order valence-corrected chi connectivity index (χ0v) is 10.5. The first-order valence-electron chi connectivity index (χ1n) is 5.83. The maximum absolute atomic E-state index is 3.16. The second-order valence-electron chi connectivity index (χ2n) is 3.02. The fraction of sp³-hybridized carbons (Fsp3) is 0.538. The molecule has 15 heavy (non-hydrogen) atoms. The van der Waals surface area contributed by atoms with Gasteiger partial charge in [0.1, 0.15) is 0 Å². The van der Waals surface area contributed by atoms with Crippen LogP contribution in [-0.4, -0.2) is 26.7 Å². The van der Waals surface area contributed by atoms with Crippen molar-refractivity contribution in [1.29, 1.82) is 0 Å². The van der Waals surface area contributed by atoms with E-state index in [0.29, 0.717) is 0 Å². The van der Waals surface area contributed by atoms with Gasteiger partial charge in [0.25, 0.3) is 0 Å². The zero-order chi connectivity index (χ0) is 11.5. The first-order valence-corrected chi connectivity index (χ1v) is 5.83. The Kier molecular flexibility index (Phi) is 8.88. The van der Waals surface area contributed by atoms with Crippen LogP contribution in [0.25, 0.3) is 0 Å². The van der Waals surface area contributed by atoms with Crippen LogP contribution in [0.2, 0.25) is 0 Å². The maximum atomic E-state index is 3.16. The van der Waals surface area contributed by atoms with E-state index in [2.05, 4.69) is 47.5 Å². The molecule has 1 aromatic carbocycles. The minimum absolute atomic E-state index is 1.03. The Balaban J connectivity index is 0.000000921. The smallest absolute Gasteiger partial charge is 0.0366 e. The van der Waals surface area contributed by atoms with Gasteiger partial charge in [-0.2, -0.15) is 0 Å². The van der Waals surface area contributed by atoms with Crippen LogP contribution in [0.4, 0.5) is 5.69 Å². The van der Waals surface area contributed by atoms with Gasteiger partial charge in [0.2, 0.25) is 0 Å². The molecular weight excluding hydrogens is 184 g/mol. The molecular formula is C13H24N2. The van der Waals surface area contributed by atoms with Crippen molar-refractivity contribution in [3.05, 3.63) is 30.3 Å². The van der Waals surface area contributed by atoms with Crippen molar-refractivity contribution in [3.63, 3.8) is 0 Å². The lowest BCUT2D eigenvalue weighted by Crippen LogP contribution is -2.30. The largest absolute Gasteiger partial charge is 0.371 e. The number of hydrogen-bond acceptors (Lipinski definition) is 2. The van der Waals surface area contributed by atoms with E-state index >= 15 is 0 Å². The Labute approximate surface area is 94.3 Å². The van der Waals surface area contributed by atoms with Crippen LogP contribution in [0.5, 0.6) is 0 Å². The van der Waals surface area contributed by atoms with E-state index in [0.717, 1.165) is 19.6 Å². The molecule has 2 nitrogen and oxygen atoms in total. The highest BCUT2D eigenvalue weighted by Crippen LogP contribution is 2.11. The third-order valence-corrected chi connectivity index (χ3v) is 2.13. The van der Waals surface area contributed by atoms with E-state index in [1.54, 1.807) is 0 Å². The van der Waals surface area contributed by atoms with E-state index in [1.807, 2.05) is 20.9 Å². The van der Waals surface area contributed by atoms with Gasteiger partial charge in [-0.25, -0.2) is 0 Å². The van der Waals surface area contributed by atoms with Crippen molar-refractivity contribution in [3.8, 4) is 0 Å². The molecule has 0 unspecified atom stereocenters. The molecule has 0 heterocycles. The Hall–Kier alpha value is -1.02. The summed E-state index contributed by atoms with van der Waals surface area (Å²) in [7, 11) is 1.98. The van der Waals surface area contributed by atoms with Crippen LogP contribution in [0, 0.1) is 0 Å². The molecule has 0 fully saturated rings. The molecule has 0 saturated heterocycles. The highest BCUT2D eigenvalue weighted by Gasteiger charge is 2.00. The van der Waals surface area contributed by atoms with Crippen LogP contribution >= 0.6 is 0 Å². The molecule has 0 aliphatic rings. The third kappa shape index (κ3) is 5.43. The third-order valence-electron chi connectivity index (χ3n) is 2.13. The van der Waals surface area contributed by atoms with Gasteiger partial charge in [-0.1, -0.05) is 32.0 Å². The average molecular weight is 208 g/mol. The van der Waals surface area contributed by atoms with Gasteiger partial charge in [-0.15, -0.1) is 0 Å². The van der Waals surface area contributed by atoms with E-state index in [9.17, 15) is 0 Å². The summed E-state index contributed by atoms with van der Waals surface area (Å²) in [4.78, 5) is 2.36. The van der Waals surface area contributed by atoms with Gasteiger partial charge >= 0.3 is 0 Å².